The third-order valence-corrected chi connectivity index (χ3v) is 4.62. The summed E-state index contributed by atoms with van der Waals surface area (Å²) in [6.45, 7) is 3.05. The number of hydrogen-bond acceptors (Lipinski definition) is 4. The van der Waals surface area contributed by atoms with Crippen LogP contribution in [-0.2, 0) is 16.1 Å². The monoisotopic (exact) mass is 294 g/mol. The largest absolute Gasteiger partial charge is 0.377 e. The van der Waals surface area contributed by atoms with Crippen molar-refractivity contribution in [3.63, 3.8) is 0 Å². The van der Waals surface area contributed by atoms with Crippen molar-refractivity contribution in [1.82, 2.24) is 10.2 Å². The van der Waals surface area contributed by atoms with Gasteiger partial charge in [-0.2, -0.15) is 0 Å². The number of carbonyl (C=O) groups excluding carboxylic acids is 1. The SMILES string of the molecule is O=C(CN(Cc1cccs1)CC1CCCO1)NC1CC1. The van der Waals surface area contributed by atoms with Crippen LogP contribution in [0.4, 0.5) is 0 Å². The highest BCUT2D eigenvalue weighted by molar-refractivity contribution is 7.09. The zero-order valence-corrected chi connectivity index (χ0v) is 12.5. The molecule has 2 heterocycles. The van der Waals surface area contributed by atoms with Crippen molar-refractivity contribution in [2.24, 2.45) is 0 Å². The first kappa shape index (κ1) is 14.0. The molecule has 0 aromatic carbocycles. The lowest BCUT2D eigenvalue weighted by molar-refractivity contribution is -0.122. The number of nitrogens with one attached hydrogen (secondary N) is 1. The van der Waals surface area contributed by atoms with E-state index in [9.17, 15) is 4.79 Å². The van der Waals surface area contributed by atoms with Crippen LogP contribution in [0.15, 0.2) is 17.5 Å². The van der Waals surface area contributed by atoms with E-state index in [2.05, 4.69) is 27.7 Å². The van der Waals surface area contributed by atoms with Crippen LogP contribution in [0.3, 0.4) is 0 Å². The summed E-state index contributed by atoms with van der Waals surface area (Å²) < 4.78 is 5.71. The minimum Gasteiger partial charge on any atom is -0.377 e. The number of nitrogens with zero attached hydrogens (tertiary/aromatic N) is 1. The van der Waals surface area contributed by atoms with Crippen LogP contribution in [0.5, 0.6) is 0 Å². The first-order chi connectivity index (χ1) is 9.79. The van der Waals surface area contributed by atoms with Gasteiger partial charge in [-0.05, 0) is 37.1 Å². The van der Waals surface area contributed by atoms with Crippen molar-refractivity contribution in [2.75, 3.05) is 19.7 Å². The number of hydrogen-bond donors (Lipinski definition) is 1. The summed E-state index contributed by atoms with van der Waals surface area (Å²) in [4.78, 5) is 15.5. The number of thiophene rings is 1. The number of rotatable bonds is 7. The van der Waals surface area contributed by atoms with Crippen LogP contribution < -0.4 is 5.32 Å². The predicted octanol–water partition coefficient (Wildman–Crippen LogP) is 2.01. The summed E-state index contributed by atoms with van der Waals surface area (Å²) in [5.41, 5.74) is 0. The van der Waals surface area contributed by atoms with E-state index in [1.807, 2.05) is 0 Å². The van der Waals surface area contributed by atoms with Gasteiger partial charge in [-0.1, -0.05) is 6.07 Å². The summed E-state index contributed by atoms with van der Waals surface area (Å²) in [7, 11) is 0. The normalized spacial score (nSPS) is 22.4. The summed E-state index contributed by atoms with van der Waals surface area (Å²) in [5, 5.41) is 5.16. The van der Waals surface area contributed by atoms with E-state index in [0.29, 0.717) is 18.7 Å². The molecule has 0 bridgehead atoms. The van der Waals surface area contributed by atoms with E-state index in [0.717, 1.165) is 45.4 Å². The Morgan fingerprint density at radius 2 is 2.35 bits per heavy atom. The summed E-state index contributed by atoms with van der Waals surface area (Å²) >= 11 is 1.75. The maximum absolute atomic E-state index is 12.0. The van der Waals surface area contributed by atoms with E-state index < -0.39 is 0 Å². The topological polar surface area (TPSA) is 41.6 Å². The fraction of sp³-hybridized carbons (Fsp3) is 0.667. The first-order valence-corrected chi connectivity index (χ1v) is 8.33. The van der Waals surface area contributed by atoms with Crippen LogP contribution in [0, 0.1) is 0 Å². The van der Waals surface area contributed by atoms with Crippen LogP contribution in [0.1, 0.15) is 30.6 Å². The molecule has 1 unspecified atom stereocenters. The zero-order chi connectivity index (χ0) is 13.8. The van der Waals surface area contributed by atoms with Gasteiger partial charge in [-0.25, -0.2) is 0 Å². The van der Waals surface area contributed by atoms with Gasteiger partial charge in [0.2, 0.25) is 5.91 Å². The molecule has 1 N–H and O–H groups in total. The van der Waals surface area contributed by atoms with E-state index >= 15 is 0 Å². The molecule has 0 radical (unpaired) electrons. The van der Waals surface area contributed by atoms with Crippen molar-refractivity contribution in [1.29, 1.82) is 0 Å². The molecule has 5 heteroatoms. The van der Waals surface area contributed by atoms with Crippen molar-refractivity contribution in [2.45, 2.75) is 44.4 Å². The molecule has 1 aliphatic carbocycles. The van der Waals surface area contributed by atoms with Crippen LogP contribution in [-0.4, -0.2) is 42.6 Å². The van der Waals surface area contributed by atoms with Gasteiger partial charge in [0.1, 0.15) is 0 Å². The second-order valence-corrected chi connectivity index (χ2v) is 6.76. The molecule has 2 aliphatic rings. The van der Waals surface area contributed by atoms with Crippen LogP contribution >= 0.6 is 11.3 Å². The van der Waals surface area contributed by atoms with E-state index in [1.54, 1.807) is 11.3 Å². The molecule has 1 atom stereocenters. The Balaban J connectivity index is 1.54. The Morgan fingerprint density at radius 1 is 1.45 bits per heavy atom. The molecule has 1 saturated carbocycles. The van der Waals surface area contributed by atoms with Gasteiger partial charge in [-0.15, -0.1) is 11.3 Å². The molecule has 20 heavy (non-hydrogen) atoms. The Hall–Kier alpha value is -0.910. The van der Waals surface area contributed by atoms with Gasteiger partial charge in [0.15, 0.2) is 0 Å². The fourth-order valence-electron chi connectivity index (χ4n) is 2.59. The van der Waals surface area contributed by atoms with Gasteiger partial charge >= 0.3 is 0 Å². The minimum absolute atomic E-state index is 0.155. The van der Waals surface area contributed by atoms with Gasteiger partial charge in [0.05, 0.1) is 12.6 Å². The molecular weight excluding hydrogens is 272 g/mol. The number of ether oxygens (including phenoxy) is 1. The molecule has 4 nitrogen and oxygen atoms in total. The minimum atomic E-state index is 0.155. The summed E-state index contributed by atoms with van der Waals surface area (Å²) in [6.07, 6.45) is 4.84. The molecule has 1 amide bonds. The number of carbonyl (C=O) groups is 1. The Morgan fingerprint density at radius 3 is 3.00 bits per heavy atom. The maximum atomic E-state index is 12.0. The molecule has 1 aliphatic heterocycles. The quantitative estimate of drug-likeness (QED) is 0.836. The Kier molecular flexibility index (Phi) is 4.70. The predicted molar refractivity (Wildman–Crippen MR) is 79.7 cm³/mol. The Bertz CT molecular complexity index is 425. The average Bonchev–Trinajstić information content (AvgIpc) is 2.91. The van der Waals surface area contributed by atoms with Crippen LogP contribution in [0.25, 0.3) is 0 Å². The highest BCUT2D eigenvalue weighted by Gasteiger charge is 2.25. The molecular formula is C15H22N2O2S. The number of amides is 1. The molecule has 110 valence electrons. The van der Waals surface area contributed by atoms with Gasteiger partial charge < -0.3 is 10.1 Å². The standard InChI is InChI=1S/C15H22N2O2S/c18-15(16-12-5-6-12)11-17(9-13-3-1-7-19-13)10-14-4-2-8-20-14/h2,4,8,12-13H,1,3,5-7,9-11H2,(H,16,18). The second kappa shape index (κ2) is 6.70. The summed E-state index contributed by atoms with van der Waals surface area (Å²) in [5.74, 6) is 0.155. The molecule has 2 fully saturated rings. The fourth-order valence-corrected chi connectivity index (χ4v) is 3.33. The molecule has 3 rings (SSSR count). The lowest BCUT2D eigenvalue weighted by atomic mass is 10.2. The first-order valence-electron chi connectivity index (χ1n) is 7.45. The van der Waals surface area contributed by atoms with Gasteiger partial charge in [0.25, 0.3) is 0 Å². The van der Waals surface area contributed by atoms with Gasteiger partial charge in [0, 0.05) is 30.6 Å². The smallest absolute Gasteiger partial charge is 0.234 e. The third-order valence-electron chi connectivity index (χ3n) is 3.76. The maximum Gasteiger partial charge on any atom is 0.234 e. The van der Waals surface area contributed by atoms with Crippen LogP contribution in [0.2, 0.25) is 0 Å². The second-order valence-electron chi connectivity index (χ2n) is 5.73. The van der Waals surface area contributed by atoms with Crippen molar-refractivity contribution < 1.29 is 9.53 Å². The molecule has 1 aromatic rings. The van der Waals surface area contributed by atoms with Gasteiger partial charge in [-0.3, -0.25) is 9.69 Å². The van der Waals surface area contributed by atoms with E-state index in [4.69, 9.17) is 4.74 Å². The highest BCUT2D eigenvalue weighted by Crippen LogP contribution is 2.19. The lowest BCUT2D eigenvalue weighted by Gasteiger charge is -2.24. The highest BCUT2D eigenvalue weighted by atomic mass is 32.1. The average molecular weight is 294 g/mol. The molecule has 0 spiro atoms. The van der Waals surface area contributed by atoms with E-state index in [1.165, 1.54) is 4.88 Å². The Labute approximate surface area is 124 Å². The summed E-state index contributed by atoms with van der Waals surface area (Å²) in [6, 6.07) is 4.63. The zero-order valence-electron chi connectivity index (χ0n) is 11.7. The third kappa shape index (κ3) is 4.30. The van der Waals surface area contributed by atoms with E-state index in [-0.39, 0.29) is 5.91 Å². The lowest BCUT2D eigenvalue weighted by Crippen LogP contribution is -2.41. The van der Waals surface area contributed by atoms with Crippen molar-refractivity contribution >= 4 is 17.2 Å². The molecule has 1 aromatic heterocycles. The molecule has 1 saturated heterocycles. The van der Waals surface area contributed by atoms with Crippen molar-refractivity contribution in [3.05, 3.63) is 22.4 Å². The van der Waals surface area contributed by atoms with Crippen molar-refractivity contribution in [3.8, 4) is 0 Å².